The Morgan fingerprint density at radius 3 is 2.25 bits per heavy atom. The highest BCUT2D eigenvalue weighted by atomic mass is 16.4. The van der Waals surface area contributed by atoms with E-state index in [9.17, 15) is 4.79 Å². The zero-order valence-corrected chi connectivity index (χ0v) is 9.82. The molecule has 1 aromatic carbocycles. The monoisotopic (exact) mass is 222 g/mol. The van der Waals surface area contributed by atoms with Gasteiger partial charge in [-0.1, -0.05) is 12.1 Å². The molecule has 16 heavy (non-hydrogen) atoms. The summed E-state index contributed by atoms with van der Waals surface area (Å²) in [5.74, 6) is -1.08. The highest BCUT2D eigenvalue weighted by molar-refractivity contribution is 5.74. The van der Waals surface area contributed by atoms with Crippen LogP contribution in [-0.4, -0.2) is 17.1 Å². The lowest BCUT2D eigenvalue weighted by atomic mass is 9.91. The molecule has 0 fully saturated rings. The van der Waals surface area contributed by atoms with E-state index >= 15 is 0 Å². The SMILES string of the molecule is Cc1ccc(C(N)C(N)C(=O)O)c(C)c1C. The Morgan fingerprint density at radius 2 is 1.75 bits per heavy atom. The first kappa shape index (κ1) is 12.7. The first-order valence-corrected chi connectivity index (χ1v) is 5.17. The van der Waals surface area contributed by atoms with E-state index in [2.05, 4.69) is 0 Å². The maximum Gasteiger partial charge on any atom is 0.322 e. The van der Waals surface area contributed by atoms with Gasteiger partial charge in [-0.15, -0.1) is 0 Å². The molecule has 4 nitrogen and oxygen atoms in total. The quantitative estimate of drug-likeness (QED) is 0.712. The molecule has 0 bridgehead atoms. The average Bonchev–Trinajstić information content (AvgIpc) is 2.24. The van der Waals surface area contributed by atoms with Crippen molar-refractivity contribution >= 4 is 5.97 Å². The van der Waals surface area contributed by atoms with Crippen LogP contribution >= 0.6 is 0 Å². The fourth-order valence-corrected chi connectivity index (χ4v) is 1.69. The second-order valence-electron chi connectivity index (χ2n) is 4.11. The molecule has 0 amide bonds. The topological polar surface area (TPSA) is 89.3 Å². The standard InChI is InChI=1S/C12H18N2O2/c1-6-4-5-9(8(3)7(6)2)10(13)11(14)12(15)16/h4-5,10-11H,13-14H2,1-3H3,(H,15,16). The van der Waals surface area contributed by atoms with Gasteiger partial charge in [-0.05, 0) is 43.0 Å². The maximum atomic E-state index is 10.8. The van der Waals surface area contributed by atoms with Gasteiger partial charge in [0.2, 0.25) is 0 Å². The van der Waals surface area contributed by atoms with Crippen LogP contribution in [0.25, 0.3) is 0 Å². The highest BCUT2D eigenvalue weighted by Gasteiger charge is 2.23. The fourth-order valence-electron chi connectivity index (χ4n) is 1.69. The Morgan fingerprint density at radius 1 is 1.19 bits per heavy atom. The summed E-state index contributed by atoms with van der Waals surface area (Å²) in [4.78, 5) is 10.8. The third kappa shape index (κ3) is 2.23. The summed E-state index contributed by atoms with van der Waals surface area (Å²) in [6.45, 7) is 5.94. The predicted molar refractivity (Wildman–Crippen MR) is 63.2 cm³/mol. The Bertz CT molecular complexity index is 416. The minimum absolute atomic E-state index is 0.670. The second kappa shape index (κ2) is 4.63. The minimum atomic E-state index is -1.08. The first-order valence-electron chi connectivity index (χ1n) is 5.17. The average molecular weight is 222 g/mol. The van der Waals surface area contributed by atoms with Gasteiger partial charge in [0.1, 0.15) is 6.04 Å². The van der Waals surface area contributed by atoms with Gasteiger partial charge in [0, 0.05) is 0 Å². The van der Waals surface area contributed by atoms with Crippen LogP contribution in [0.3, 0.4) is 0 Å². The summed E-state index contributed by atoms with van der Waals surface area (Å²) >= 11 is 0. The molecule has 0 saturated carbocycles. The summed E-state index contributed by atoms with van der Waals surface area (Å²) in [6, 6.07) is 2.05. The van der Waals surface area contributed by atoms with E-state index in [0.29, 0.717) is 0 Å². The van der Waals surface area contributed by atoms with E-state index in [-0.39, 0.29) is 0 Å². The van der Waals surface area contributed by atoms with Crippen molar-refractivity contribution in [2.24, 2.45) is 11.5 Å². The smallest absolute Gasteiger partial charge is 0.322 e. The van der Waals surface area contributed by atoms with Gasteiger partial charge in [-0.25, -0.2) is 0 Å². The predicted octanol–water partition coefficient (Wildman–Crippen LogP) is 1.02. The molecule has 5 N–H and O–H groups in total. The van der Waals surface area contributed by atoms with E-state index < -0.39 is 18.1 Å². The number of rotatable bonds is 3. The highest BCUT2D eigenvalue weighted by Crippen LogP contribution is 2.23. The minimum Gasteiger partial charge on any atom is -0.480 e. The largest absolute Gasteiger partial charge is 0.480 e. The van der Waals surface area contributed by atoms with E-state index in [0.717, 1.165) is 22.3 Å². The van der Waals surface area contributed by atoms with Gasteiger partial charge in [0.25, 0.3) is 0 Å². The lowest BCUT2D eigenvalue weighted by Gasteiger charge is -2.20. The Hall–Kier alpha value is -1.39. The molecule has 1 rings (SSSR count). The number of benzene rings is 1. The van der Waals surface area contributed by atoms with Crippen molar-refractivity contribution in [1.82, 2.24) is 0 Å². The van der Waals surface area contributed by atoms with Gasteiger partial charge >= 0.3 is 5.97 Å². The third-order valence-electron chi connectivity index (χ3n) is 3.13. The lowest BCUT2D eigenvalue weighted by Crippen LogP contribution is -2.41. The van der Waals surface area contributed by atoms with E-state index in [1.54, 1.807) is 0 Å². The van der Waals surface area contributed by atoms with Crippen LogP contribution < -0.4 is 11.5 Å². The second-order valence-corrected chi connectivity index (χ2v) is 4.11. The fraction of sp³-hybridized carbons (Fsp3) is 0.417. The molecule has 0 radical (unpaired) electrons. The van der Waals surface area contributed by atoms with Crippen molar-refractivity contribution < 1.29 is 9.90 Å². The van der Waals surface area contributed by atoms with Crippen molar-refractivity contribution in [3.05, 3.63) is 34.4 Å². The summed E-state index contributed by atoms with van der Waals surface area (Å²) in [5.41, 5.74) is 15.5. The number of carboxylic acid groups (broad SMARTS) is 1. The number of aryl methyl sites for hydroxylation is 1. The van der Waals surface area contributed by atoms with Crippen LogP contribution in [0.2, 0.25) is 0 Å². The molecule has 0 aliphatic heterocycles. The number of nitrogens with two attached hydrogens (primary N) is 2. The number of hydrogen-bond donors (Lipinski definition) is 3. The summed E-state index contributed by atoms with van der Waals surface area (Å²) < 4.78 is 0. The lowest BCUT2D eigenvalue weighted by molar-refractivity contribution is -0.139. The maximum absolute atomic E-state index is 10.8. The van der Waals surface area contributed by atoms with Crippen molar-refractivity contribution in [3.8, 4) is 0 Å². The molecule has 0 aliphatic rings. The number of carboxylic acids is 1. The Labute approximate surface area is 95.3 Å². The van der Waals surface area contributed by atoms with Crippen molar-refractivity contribution in [2.75, 3.05) is 0 Å². The van der Waals surface area contributed by atoms with Gasteiger partial charge in [0.05, 0.1) is 6.04 Å². The molecular formula is C12H18N2O2. The zero-order valence-electron chi connectivity index (χ0n) is 9.82. The number of hydrogen-bond acceptors (Lipinski definition) is 3. The van der Waals surface area contributed by atoms with Gasteiger partial charge in [-0.2, -0.15) is 0 Å². The molecule has 2 unspecified atom stereocenters. The Balaban J connectivity index is 3.14. The molecule has 1 aromatic rings. The van der Waals surface area contributed by atoms with Crippen molar-refractivity contribution in [3.63, 3.8) is 0 Å². The normalized spacial score (nSPS) is 14.6. The van der Waals surface area contributed by atoms with Crippen molar-refractivity contribution in [1.29, 1.82) is 0 Å². The molecule has 88 valence electrons. The first-order chi connectivity index (χ1) is 7.36. The molecule has 4 heteroatoms. The Kier molecular flexibility index (Phi) is 3.67. The molecular weight excluding hydrogens is 204 g/mol. The summed E-state index contributed by atoms with van der Waals surface area (Å²) in [6.07, 6.45) is 0. The molecule has 2 atom stereocenters. The summed E-state index contributed by atoms with van der Waals surface area (Å²) in [7, 11) is 0. The van der Waals surface area contributed by atoms with Crippen LogP contribution in [0, 0.1) is 20.8 Å². The zero-order chi connectivity index (χ0) is 12.5. The molecule has 0 spiro atoms. The van der Waals surface area contributed by atoms with Crippen LogP contribution in [0.15, 0.2) is 12.1 Å². The molecule has 0 aromatic heterocycles. The van der Waals surface area contributed by atoms with Crippen LogP contribution in [0.4, 0.5) is 0 Å². The van der Waals surface area contributed by atoms with Gasteiger partial charge in [-0.3, -0.25) is 4.79 Å². The van der Waals surface area contributed by atoms with Crippen LogP contribution in [0.5, 0.6) is 0 Å². The van der Waals surface area contributed by atoms with Gasteiger partial charge < -0.3 is 16.6 Å². The molecule has 0 heterocycles. The van der Waals surface area contributed by atoms with E-state index in [1.807, 2.05) is 32.9 Å². The van der Waals surface area contributed by atoms with Gasteiger partial charge in [0.15, 0.2) is 0 Å². The molecule has 0 aliphatic carbocycles. The van der Waals surface area contributed by atoms with E-state index in [4.69, 9.17) is 16.6 Å². The van der Waals surface area contributed by atoms with Crippen LogP contribution in [-0.2, 0) is 4.79 Å². The summed E-state index contributed by atoms with van der Waals surface area (Å²) in [5, 5.41) is 8.82. The van der Waals surface area contributed by atoms with Crippen molar-refractivity contribution in [2.45, 2.75) is 32.9 Å². The third-order valence-corrected chi connectivity index (χ3v) is 3.13. The number of aliphatic carboxylic acids is 1. The number of carbonyl (C=O) groups is 1. The molecule has 0 saturated heterocycles. The van der Waals surface area contributed by atoms with E-state index in [1.165, 1.54) is 0 Å². The van der Waals surface area contributed by atoms with Crippen LogP contribution in [0.1, 0.15) is 28.3 Å².